The maximum Gasteiger partial charge on any atom is 0.341 e. The first kappa shape index (κ1) is 15.4. The fraction of sp³-hybridized carbons (Fsp3) is 0.0625. The Morgan fingerprint density at radius 1 is 1.17 bits per heavy atom. The van der Waals surface area contributed by atoms with E-state index in [4.69, 9.17) is 9.15 Å². The molecule has 0 fully saturated rings. The lowest BCUT2D eigenvalue weighted by molar-refractivity contribution is 0.0433. The number of ether oxygens (including phenoxy) is 1. The number of aromatic nitrogens is 2. The van der Waals surface area contributed by atoms with Crippen molar-refractivity contribution in [3.05, 3.63) is 70.3 Å². The molecule has 0 radical (unpaired) electrons. The first-order valence-corrected chi connectivity index (χ1v) is 7.43. The molecule has 0 bridgehead atoms. The predicted molar refractivity (Wildman–Crippen MR) is 83.0 cm³/mol. The van der Waals surface area contributed by atoms with Crippen LogP contribution in [0.1, 0.15) is 16.2 Å². The van der Waals surface area contributed by atoms with Gasteiger partial charge in [0.1, 0.15) is 5.82 Å². The predicted octanol–water partition coefficient (Wildman–Crippen LogP) is 4.00. The molecule has 0 amide bonds. The molecule has 0 saturated carbocycles. The molecule has 0 aliphatic heterocycles. The molecule has 0 aliphatic rings. The van der Waals surface area contributed by atoms with E-state index in [9.17, 15) is 9.18 Å². The summed E-state index contributed by atoms with van der Waals surface area (Å²) in [6.45, 7) is -0.232. The molecule has 0 aliphatic carbocycles. The van der Waals surface area contributed by atoms with Gasteiger partial charge in [0.2, 0.25) is 5.89 Å². The van der Waals surface area contributed by atoms with E-state index in [-0.39, 0.29) is 18.1 Å². The second-order valence-corrected chi connectivity index (χ2v) is 5.48. The van der Waals surface area contributed by atoms with Crippen LogP contribution in [0.2, 0.25) is 0 Å². The molecule has 0 atom stereocenters. The summed E-state index contributed by atoms with van der Waals surface area (Å²) in [4.78, 5) is 11.9. The van der Waals surface area contributed by atoms with E-state index in [2.05, 4.69) is 26.1 Å². The van der Waals surface area contributed by atoms with E-state index < -0.39 is 11.8 Å². The molecule has 3 aromatic rings. The highest BCUT2D eigenvalue weighted by Gasteiger charge is 2.16. The molecule has 5 nitrogen and oxygen atoms in total. The molecule has 116 valence electrons. The van der Waals surface area contributed by atoms with Crippen LogP contribution in [0, 0.1) is 5.82 Å². The Bertz CT molecular complexity index is 836. The van der Waals surface area contributed by atoms with Crippen LogP contribution in [-0.4, -0.2) is 16.2 Å². The van der Waals surface area contributed by atoms with Crippen molar-refractivity contribution < 1.29 is 18.3 Å². The van der Waals surface area contributed by atoms with Gasteiger partial charge in [0, 0.05) is 10.0 Å². The first-order valence-electron chi connectivity index (χ1n) is 6.63. The molecule has 0 N–H and O–H groups in total. The van der Waals surface area contributed by atoms with Crippen LogP contribution in [0.15, 0.2) is 57.4 Å². The minimum Gasteiger partial charge on any atom is -0.452 e. The van der Waals surface area contributed by atoms with Gasteiger partial charge in [0.05, 0.1) is 5.56 Å². The van der Waals surface area contributed by atoms with Gasteiger partial charge in [-0.25, -0.2) is 9.18 Å². The fourth-order valence-corrected chi connectivity index (χ4v) is 2.23. The van der Waals surface area contributed by atoms with Gasteiger partial charge in [-0.3, -0.25) is 0 Å². The summed E-state index contributed by atoms with van der Waals surface area (Å²) in [7, 11) is 0. The maximum absolute atomic E-state index is 13.6. The smallest absolute Gasteiger partial charge is 0.341 e. The number of carbonyl (C=O) groups is 1. The Labute approximate surface area is 139 Å². The molecular formula is C16H10BrFN2O3. The van der Waals surface area contributed by atoms with Crippen LogP contribution in [0.3, 0.4) is 0 Å². The Morgan fingerprint density at radius 3 is 2.74 bits per heavy atom. The molecule has 1 heterocycles. The minimum atomic E-state index is -0.803. The second kappa shape index (κ2) is 6.70. The number of rotatable bonds is 4. The lowest BCUT2D eigenvalue weighted by atomic mass is 10.2. The van der Waals surface area contributed by atoms with Gasteiger partial charge in [-0.05, 0) is 30.3 Å². The summed E-state index contributed by atoms with van der Waals surface area (Å²) < 4.78 is 24.6. The summed E-state index contributed by atoms with van der Waals surface area (Å²) in [6, 6.07) is 13.2. The summed E-state index contributed by atoms with van der Waals surface area (Å²) in [5.74, 6) is -1.00. The minimum absolute atomic E-state index is 0.132. The molecule has 3 rings (SSSR count). The van der Waals surface area contributed by atoms with Crippen molar-refractivity contribution in [3.63, 3.8) is 0 Å². The molecule has 1 aromatic heterocycles. The van der Waals surface area contributed by atoms with E-state index >= 15 is 0 Å². The lowest BCUT2D eigenvalue weighted by Gasteiger charge is -2.03. The highest BCUT2D eigenvalue weighted by Crippen LogP contribution is 2.19. The van der Waals surface area contributed by atoms with Crippen LogP contribution >= 0.6 is 15.9 Å². The van der Waals surface area contributed by atoms with Gasteiger partial charge >= 0.3 is 5.97 Å². The zero-order valence-corrected chi connectivity index (χ0v) is 13.3. The van der Waals surface area contributed by atoms with Gasteiger partial charge < -0.3 is 9.15 Å². The van der Waals surface area contributed by atoms with E-state index in [0.29, 0.717) is 10.4 Å². The van der Waals surface area contributed by atoms with E-state index in [1.165, 1.54) is 18.2 Å². The molecule has 7 heteroatoms. The summed E-state index contributed by atoms with van der Waals surface area (Å²) >= 11 is 3.17. The van der Waals surface area contributed by atoms with Gasteiger partial charge in [0.25, 0.3) is 5.89 Å². The normalized spacial score (nSPS) is 10.5. The topological polar surface area (TPSA) is 65.2 Å². The zero-order valence-electron chi connectivity index (χ0n) is 11.7. The molecule has 0 spiro atoms. The van der Waals surface area contributed by atoms with Crippen LogP contribution < -0.4 is 0 Å². The van der Waals surface area contributed by atoms with Gasteiger partial charge in [-0.1, -0.05) is 34.1 Å². The molecule has 2 aromatic carbocycles. The second-order valence-electron chi connectivity index (χ2n) is 4.57. The Kier molecular flexibility index (Phi) is 4.47. The fourth-order valence-electron chi connectivity index (χ4n) is 1.87. The monoisotopic (exact) mass is 376 g/mol. The summed E-state index contributed by atoms with van der Waals surface area (Å²) in [5.41, 5.74) is 0.595. The van der Waals surface area contributed by atoms with Crippen molar-refractivity contribution in [2.24, 2.45) is 0 Å². The maximum atomic E-state index is 13.6. The quantitative estimate of drug-likeness (QED) is 0.644. The third-order valence-electron chi connectivity index (χ3n) is 2.96. The number of carbonyl (C=O) groups excluding carboxylic acids is 1. The Hall–Kier alpha value is -2.54. The van der Waals surface area contributed by atoms with E-state index in [1.807, 2.05) is 30.3 Å². The molecule has 0 saturated heterocycles. The van der Waals surface area contributed by atoms with Crippen LogP contribution in [0.5, 0.6) is 0 Å². The van der Waals surface area contributed by atoms with E-state index in [1.54, 1.807) is 0 Å². The van der Waals surface area contributed by atoms with Crippen LogP contribution in [-0.2, 0) is 11.3 Å². The largest absolute Gasteiger partial charge is 0.452 e. The average molecular weight is 377 g/mol. The molecule has 0 unspecified atom stereocenters. The number of esters is 1. The van der Waals surface area contributed by atoms with E-state index in [0.717, 1.165) is 5.56 Å². The molecular weight excluding hydrogens is 367 g/mol. The standard InChI is InChI=1S/C16H10BrFN2O3/c17-11-6-7-13(18)12(8-11)16(21)22-9-14-19-20-15(23-14)10-4-2-1-3-5-10/h1-8H,9H2. The average Bonchev–Trinajstić information content (AvgIpc) is 3.05. The zero-order chi connectivity index (χ0) is 16.2. The third kappa shape index (κ3) is 3.62. The Balaban J connectivity index is 1.68. The number of nitrogens with zero attached hydrogens (tertiary/aromatic N) is 2. The van der Waals surface area contributed by atoms with Gasteiger partial charge in [-0.2, -0.15) is 0 Å². The van der Waals surface area contributed by atoms with Crippen molar-refractivity contribution in [2.75, 3.05) is 0 Å². The highest BCUT2D eigenvalue weighted by molar-refractivity contribution is 9.10. The number of benzene rings is 2. The summed E-state index contributed by atoms with van der Waals surface area (Å²) in [5, 5.41) is 7.68. The third-order valence-corrected chi connectivity index (χ3v) is 3.46. The number of hydrogen-bond acceptors (Lipinski definition) is 5. The Morgan fingerprint density at radius 2 is 1.96 bits per heavy atom. The van der Waals surface area contributed by atoms with Crippen LogP contribution in [0.25, 0.3) is 11.5 Å². The lowest BCUT2D eigenvalue weighted by Crippen LogP contribution is -2.07. The molecule has 23 heavy (non-hydrogen) atoms. The number of halogens is 2. The first-order chi connectivity index (χ1) is 11.1. The van der Waals surface area contributed by atoms with Gasteiger partial charge in [0.15, 0.2) is 6.61 Å². The van der Waals surface area contributed by atoms with Crippen molar-refractivity contribution in [1.82, 2.24) is 10.2 Å². The van der Waals surface area contributed by atoms with Crippen molar-refractivity contribution >= 4 is 21.9 Å². The van der Waals surface area contributed by atoms with Crippen LogP contribution in [0.4, 0.5) is 4.39 Å². The number of hydrogen-bond donors (Lipinski definition) is 0. The van der Waals surface area contributed by atoms with Crippen molar-refractivity contribution in [1.29, 1.82) is 0 Å². The van der Waals surface area contributed by atoms with Crippen molar-refractivity contribution in [2.45, 2.75) is 6.61 Å². The summed E-state index contributed by atoms with van der Waals surface area (Å²) in [6.07, 6.45) is 0. The highest BCUT2D eigenvalue weighted by atomic mass is 79.9. The van der Waals surface area contributed by atoms with Crippen molar-refractivity contribution in [3.8, 4) is 11.5 Å². The van der Waals surface area contributed by atoms with Gasteiger partial charge in [-0.15, -0.1) is 10.2 Å². The SMILES string of the molecule is O=C(OCc1nnc(-c2ccccc2)o1)c1cc(Br)ccc1F.